The average molecular weight is 816 g/mol. The van der Waals surface area contributed by atoms with Crippen LogP contribution < -0.4 is 4.90 Å². The lowest BCUT2D eigenvalue weighted by atomic mass is 9.78. The number of hydrogen-bond donors (Lipinski definition) is 0. The highest BCUT2D eigenvalue weighted by atomic mass is 16.3. The molecular formula is C60H49NO2. The van der Waals surface area contributed by atoms with E-state index in [0.29, 0.717) is 0 Å². The number of nitrogens with zero attached hydrogens (tertiary/aromatic N) is 1. The smallest absolute Gasteiger partial charge is 0.135 e. The largest absolute Gasteiger partial charge is 0.456 e. The normalized spacial score (nSPS) is 12.3. The van der Waals surface area contributed by atoms with Crippen molar-refractivity contribution in [3.63, 3.8) is 0 Å². The van der Waals surface area contributed by atoms with Gasteiger partial charge in [-0.05, 0) is 121 Å². The fraction of sp³-hybridized carbons (Fsp3) is 0.133. The molecule has 0 saturated heterocycles. The van der Waals surface area contributed by atoms with Gasteiger partial charge >= 0.3 is 0 Å². The Balaban J connectivity index is 1.14. The number of para-hydroxylation sites is 3. The number of furan rings is 2. The molecule has 0 amide bonds. The predicted octanol–water partition coefficient (Wildman–Crippen LogP) is 17.7. The Hall–Kier alpha value is -7.36. The van der Waals surface area contributed by atoms with Crippen LogP contribution in [0.2, 0.25) is 0 Å². The van der Waals surface area contributed by atoms with E-state index in [-0.39, 0.29) is 10.8 Å². The Morgan fingerprint density at radius 3 is 1.56 bits per heavy atom. The molecule has 11 aromatic rings. The van der Waals surface area contributed by atoms with Gasteiger partial charge in [0.1, 0.15) is 22.3 Å². The molecule has 2 heterocycles. The van der Waals surface area contributed by atoms with Gasteiger partial charge in [0, 0.05) is 38.5 Å². The van der Waals surface area contributed by atoms with E-state index in [9.17, 15) is 0 Å². The van der Waals surface area contributed by atoms with Gasteiger partial charge in [0.15, 0.2) is 0 Å². The first-order valence-corrected chi connectivity index (χ1v) is 22.0. The first-order valence-electron chi connectivity index (χ1n) is 22.0. The van der Waals surface area contributed by atoms with Crippen molar-refractivity contribution < 1.29 is 8.83 Å². The zero-order valence-corrected chi connectivity index (χ0v) is 36.7. The summed E-state index contributed by atoms with van der Waals surface area (Å²) in [6.07, 6.45) is 0. The van der Waals surface area contributed by atoms with Crippen LogP contribution in [0.5, 0.6) is 0 Å². The molecule has 0 spiro atoms. The zero-order chi connectivity index (χ0) is 43.0. The Bertz CT molecular complexity index is 3510. The highest BCUT2D eigenvalue weighted by molar-refractivity contribution is 6.11. The molecule has 0 atom stereocenters. The molecule has 9 aromatic carbocycles. The van der Waals surface area contributed by atoms with Crippen LogP contribution in [0.25, 0.3) is 88.0 Å². The van der Waals surface area contributed by atoms with Gasteiger partial charge in [-0.1, -0.05) is 169 Å². The SMILES string of the molecule is CC(C)(C)c1cc(-c2cccc3cccc(-c4ccccc4N(c4cccc(-c5ccc6oc7ccccc7c6c5)c4)c4ccc5oc6ccccc6c5c4)c23)cc(C(C)(C)C)c1. The number of rotatable bonds is 6. The van der Waals surface area contributed by atoms with Crippen molar-refractivity contribution in [2.24, 2.45) is 0 Å². The Kier molecular flexibility index (Phi) is 8.96. The lowest BCUT2D eigenvalue weighted by molar-refractivity contribution is 0.569. The van der Waals surface area contributed by atoms with Gasteiger partial charge in [0.2, 0.25) is 0 Å². The van der Waals surface area contributed by atoms with E-state index in [1.165, 1.54) is 38.6 Å². The minimum Gasteiger partial charge on any atom is -0.456 e. The second kappa shape index (κ2) is 14.6. The van der Waals surface area contributed by atoms with E-state index >= 15 is 0 Å². The van der Waals surface area contributed by atoms with Crippen LogP contribution in [-0.2, 0) is 10.8 Å². The van der Waals surface area contributed by atoms with Gasteiger partial charge in [-0.2, -0.15) is 0 Å². The maximum absolute atomic E-state index is 6.36. The number of anilines is 3. The van der Waals surface area contributed by atoms with Gasteiger partial charge in [0.05, 0.1) is 5.69 Å². The first-order chi connectivity index (χ1) is 30.5. The van der Waals surface area contributed by atoms with E-state index in [1.54, 1.807) is 0 Å². The number of fused-ring (bicyclic) bond motifs is 7. The van der Waals surface area contributed by atoms with E-state index in [1.807, 2.05) is 24.3 Å². The monoisotopic (exact) mass is 815 g/mol. The van der Waals surface area contributed by atoms with Crippen LogP contribution in [0, 0.1) is 0 Å². The van der Waals surface area contributed by atoms with E-state index < -0.39 is 0 Å². The Labute approximate surface area is 368 Å². The fourth-order valence-electron chi connectivity index (χ4n) is 9.36. The summed E-state index contributed by atoms with van der Waals surface area (Å²) in [5.74, 6) is 0. The molecule has 0 aliphatic heterocycles. The molecule has 0 unspecified atom stereocenters. The molecule has 0 aliphatic carbocycles. The molecule has 11 rings (SSSR count). The van der Waals surface area contributed by atoms with Gasteiger partial charge < -0.3 is 13.7 Å². The fourth-order valence-corrected chi connectivity index (χ4v) is 9.36. The molecule has 3 heteroatoms. The summed E-state index contributed by atoms with van der Waals surface area (Å²) in [5, 5.41) is 6.87. The third-order valence-electron chi connectivity index (χ3n) is 12.7. The third kappa shape index (κ3) is 6.76. The molecule has 0 saturated carbocycles. The zero-order valence-electron chi connectivity index (χ0n) is 36.7. The summed E-state index contributed by atoms with van der Waals surface area (Å²) in [6.45, 7) is 13.9. The summed E-state index contributed by atoms with van der Waals surface area (Å²) in [6, 6.07) is 68.3. The van der Waals surface area contributed by atoms with Crippen molar-refractivity contribution in [3.8, 4) is 33.4 Å². The third-order valence-corrected chi connectivity index (χ3v) is 12.7. The van der Waals surface area contributed by atoms with Gasteiger partial charge in [-0.25, -0.2) is 0 Å². The molecule has 3 nitrogen and oxygen atoms in total. The first kappa shape index (κ1) is 38.6. The molecule has 0 radical (unpaired) electrons. The lowest BCUT2D eigenvalue weighted by Crippen LogP contribution is -2.16. The Morgan fingerprint density at radius 2 is 0.873 bits per heavy atom. The second-order valence-corrected chi connectivity index (χ2v) is 19.0. The maximum atomic E-state index is 6.36. The maximum Gasteiger partial charge on any atom is 0.135 e. The standard InChI is InChI=1S/C60H49NO2/c1-59(2,3)42-32-41(33-43(36-42)60(4,5)6)46-23-14-16-38-17-15-24-50(58(38)46)47-20-7-10-25-53(47)61(45-29-31-57-52(37-45)49-22-9-12-27-55(49)63-57)44-19-13-18-39(34-44)40-28-30-56-51(35-40)48-21-8-11-26-54(48)62-56/h7-37H,1-6H3. The Morgan fingerprint density at radius 1 is 0.349 bits per heavy atom. The van der Waals surface area contributed by atoms with Crippen LogP contribution in [0.15, 0.2) is 197 Å². The van der Waals surface area contributed by atoms with Crippen molar-refractivity contribution in [1.82, 2.24) is 0 Å². The van der Waals surface area contributed by atoms with Crippen LogP contribution in [0.4, 0.5) is 17.1 Å². The van der Waals surface area contributed by atoms with Crippen molar-refractivity contribution in [3.05, 3.63) is 199 Å². The summed E-state index contributed by atoms with van der Waals surface area (Å²) < 4.78 is 12.6. The van der Waals surface area contributed by atoms with Gasteiger partial charge in [-0.3, -0.25) is 0 Å². The van der Waals surface area contributed by atoms with E-state index in [2.05, 4.69) is 210 Å². The molecule has 63 heavy (non-hydrogen) atoms. The molecule has 0 N–H and O–H groups in total. The summed E-state index contributed by atoms with van der Waals surface area (Å²) >= 11 is 0. The van der Waals surface area contributed by atoms with Crippen LogP contribution in [-0.4, -0.2) is 0 Å². The highest BCUT2D eigenvalue weighted by Crippen LogP contribution is 2.47. The summed E-state index contributed by atoms with van der Waals surface area (Å²) in [7, 11) is 0. The minimum absolute atomic E-state index is 0.00938. The second-order valence-electron chi connectivity index (χ2n) is 19.0. The number of hydrogen-bond acceptors (Lipinski definition) is 3. The number of benzene rings is 9. The average Bonchev–Trinajstić information content (AvgIpc) is 3.86. The van der Waals surface area contributed by atoms with Gasteiger partial charge in [-0.15, -0.1) is 0 Å². The van der Waals surface area contributed by atoms with Gasteiger partial charge in [0.25, 0.3) is 0 Å². The molecule has 0 fully saturated rings. The van der Waals surface area contributed by atoms with Crippen molar-refractivity contribution in [1.29, 1.82) is 0 Å². The summed E-state index contributed by atoms with van der Waals surface area (Å²) in [4.78, 5) is 2.42. The van der Waals surface area contributed by atoms with Crippen LogP contribution >= 0.6 is 0 Å². The molecule has 306 valence electrons. The van der Waals surface area contributed by atoms with E-state index in [0.717, 1.165) is 77.6 Å². The molecular weight excluding hydrogens is 767 g/mol. The quantitative estimate of drug-likeness (QED) is 0.167. The van der Waals surface area contributed by atoms with Crippen LogP contribution in [0.1, 0.15) is 52.7 Å². The lowest BCUT2D eigenvalue weighted by Gasteiger charge is -2.29. The molecule has 0 bridgehead atoms. The molecule has 2 aromatic heterocycles. The topological polar surface area (TPSA) is 29.5 Å². The van der Waals surface area contributed by atoms with Crippen molar-refractivity contribution in [2.45, 2.75) is 52.4 Å². The van der Waals surface area contributed by atoms with Crippen molar-refractivity contribution >= 4 is 71.7 Å². The summed E-state index contributed by atoms with van der Waals surface area (Å²) in [5.41, 5.74) is 16.4. The minimum atomic E-state index is -0.00938. The predicted molar refractivity (Wildman–Crippen MR) is 267 cm³/mol. The molecule has 0 aliphatic rings. The van der Waals surface area contributed by atoms with Crippen LogP contribution in [0.3, 0.4) is 0 Å². The highest BCUT2D eigenvalue weighted by Gasteiger charge is 2.24. The van der Waals surface area contributed by atoms with Crippen molar-refractivity contribution in [2.75, 3.05) is 4.90 Å². The van der Waals surface area contributed by atoms with E-state index in [4.69, 9.17) is 8.83 Å².